The first-order chi connectivity index (χ1) is 9.45. The Kier molecular flexibility index (Phi) is 4.12. The molecule has 1 aliphatic heterocycles. The molecule has 1 aromatic rings. The molecule has 1 N–H and O–H groups in total. The number of carbonyl (C=O) groups excluding carboxylic acids is 2. The fourth-order valence-corrected chi connectivity index (χ4v) is 2.86. The number of carbonyl (C=O) groups is 2. The Morgan fingerprint density at radius 2 is 2.05 bits per heavy atom. The summed E-state index contributed by atoms with van der Waals surface area (Å²) in [6, 6.07) is 3.56. The van der Waals surface area contributed by atoms with Crippen LogP contribution in [-0.4, -0.2) is 18.4 Å². The fourth-order valence-electron chi connectivity index (χ4n) is 2.86. The molecular weight excluding hydrogens is 252 g/mol. The lowest BCUT2D eigenvalue weighted by Crippen LogP contribution is -2.37. The second-order valence-electron chi connectivity index (χ2n) is 5.50. The van der Waals surface area contributed by atoms with Gasteiger partial charge in [-0.15, -0.1) is 0 Å². The zero-order chi connectivity index (χ0) is 14.9. The van der Waals surface area contributed by atoms with E-state index in [4.69, 9.17) is 0 Å². The Morgan fingerprint density at radius 1 is 1.35 bits per heavy atom. The number of rotatable bonds is 4. The molecule has 2 rings (SSSR count). The molecule has 108 valence electrons. The average Bonchev–Trinajstić information content (AvgIpc) is 2.60. The van der Waals surface area contributed by atoms with Crippen LogP contribution in [0.5, 0.6) is 0 Å². The van der Waals surface area contributed by atoms with E-state index in [9.17, 15) is 9.59 Å². The fraction of sp³-hybridized carbons (Fsp3) is 0.500. The Hall–Kier alpha value is -1.84. The van der Waals surface area contributed by atoms with Gasteiger partial charge in [0.15, 0.2) is 0 Å². The lowest BCUT2D eigenvalue weighted by molar-refractivity contribution is -0.126. The van der Waals surface area contributed by atoms with Crippen molar-refractivity contribution in [3.05, 3.63) is 28.8 Å². The number of fused-ring (bicyclic) bond motifs is 1. The lowest BCUT2D eigenvalue weighted by Gasteiger charge is -2.19. The van der Waals surface area contributed by atoms with Crippen LogP contribution in [0.1, 0.15) is 49.4 Å². The van der Waals surface area contributed by atoms with Crippen molar-refractivity contribution in [1.82, 2.24) is 5.32 Å². The van der Waals surface area contributed by atoms with Crippen LogP contribution in [0.15, 0.2) is 12.1 Å². The minimum Gasteiger partial charge on any atom is -0.341 e. The monoisotopic (exact) mass is 274 g/mol. The van der Waals surface area contributed by atoms with Crippen molar-refractivity contribution in [2.24, 2.45) is 0 Å². The Balaban J connectivity index is 2.46. The smallest absolute Gasteiger partial charge is 0.254 e. The maximum absolute atomic E-state index is 12.6. The molecule has 0 saturated heterocycles. The summed E-state index contributed by atoms with van der Waals surface area (Å²) < 4.78 is 0. The van der Waals surface area contributed by atoms with Gasteiger partial charge in [-0.3, -0.25) is 9.59 Å². The van der Waals surface area contributed by atoms with Gasteiger partial charge in [0.2, 0.25) is 5.91 Å². The summed E-state index contributed by atoms with van der Waals surface area (Å²) in [7, 11) is 0. The highest BCUT2D eigenvalue weighted by molar-refractivity contribution is 6.06. The predicted octanol–water partition coefficient (Wildman–Crippen LogP) is 2.63. The van der Waals surface area contributed by atoms with Crippen LogP contribution in [0.3, 0.4) is 0 Å². The van der Waals surface area contributed by atoms with Crippen LogP contribution in [0.25, 0.3) is 0 Å². The highest BCUT2D eigenvalue weighted by atomic mass is 16.2. The zero-order valence-electron chi connectivity index (χ0n) is 12.6. The van der Waals surface area contributed by atoms with Crippen molar-refractivity contribution < 1.29 is 9.59 Å². The Labute approximate surface area is 120 Å². The normalized spacial score (nSPS) is 17.3. The van der Waals surface area contributed by atoms with Gasteiger partial charge in [0.1, 0.15) is 6.04 Å². The molecule has 0 aromatic heterocycles. The molecule has 2 amide bonds. The van der Waals surface area contributed by atoms with Gasteiger partial charge in [0.25, 0.3) is 5.91 Å². The van der Waals surface area contributed by atoms with Gasteiger partial charge in [-0.25, -0.2) is 0 Å². The van der Waals surface area contributed by atoms with Crippen molar-refractivity contribution in [3.63, 3.8) is 0 Å². The highest BCUT2D eigenvalue weighted by Gasteiger charge is 2.38. The summed E-state index contributed by atoms with van der Waals surface area (Å²) in [6.07, 6.45) is 2.00. The van der Waals surface area contributed by atoms with E-state index in [1.165, 1.54) is 6.92 Å². The molecule has 0 saturated carbocycles. The van der Waals surface area contributed by atoms with E-state index in [0.29, 0.717) is 6.54 Å². The molecule has 0 aliphatic carbocycles. The van der Waals surface area contributed by atoms with Crippen molar-refractivity contribution >= 4 is 17.5 Å². The maximum atomic E-state index is 12.6. The summed E-state index contributed by atoms with van der Waals surface area (Å²) in [5.74, 6) is -0.192. The van der Waals surface area contributed by atoms with E-state index in [-0.39, 0.29) is 11.8 Å². The number of nitrogens with one attached hydrogen (secondary N) is 1. The topological polar surface area (TPSA) is 49.4 Å². The summed E-state index contributed by atoms with van der Waals surface area (Å²) in [5, 5.41) is 2.78. The third-order valence-electron chi connectivity index (χ3n) is 3.65. The van der Waals surface area contributed by atoms with Gasteiger partial charge in [-0.05, 0) is 25.8 Å². The van der Waals surface area contributed by atoms with E-state index in [2.05, 4.69) is 18.3 Å². The first-order valence-corrected chi connectivity index (χ1v) is 7.15. The number of benzene rings is 1. The number of hydrogen-bond acceptors (Lipinski definition) is 2. The van der Waals surface area contributed by atoms with Crippen LogP contribution in [0.4, 0.5) is 5.69 Å². The molecule has 1 aromatic carbocycles. The van der Waals surface area contributed by atoms with Gasteiger partial charge in [-0.1, -0.05) is 31.0 Å². The first-order valence-electron chi connectivity index (χ1n) is 7.15. The van der Waals surface area contributed by atoms with E-state index in [0.717, 1.165) is 35.2 Å². The number of nitrogens with zero attached hydrogens (tertiary/aromatic N) is 1. The van der Waals surface area contributed by atoms with Crippen LogP contribution >= 0.6 is 0 Å². The van der Waals surface area contributed by atoms with Crippen molar-refractivity contribution in [2.45, 2.75) is 46.6 Å². The molecule has 20 heavy (non-hydrogen) atoms. The maximum Gasteiger partial charge on any atom is 0.254 e. The molecule has 1 heterocycles. The zero-order valence-corrected chi connectivity index (χ0v) is 12.6. The van der Waals surface area contributed by atoms with Crippen LogP contribution in [-0.2, 0) is 9.59 Å². The SMILES string of the molecule is CCCCN1C(=O)[C@@H](NC(C)=O)c2cc(C)cc(C)c21. The summed E-state index contributed by atoms with van der Waals surface area (Å²) in [5.41, 5.74) is 4.12. The Bertz CT molecular complexity index is 552. The summed E-state index contributed by atoms with van der Waals surface area (Å²) >= 11 is 0. The lowest BCUT2D eigenvalue weighted by atomic mass is 10.0. The molecular formula is C16H22N2O2. The second-order valence-corrected chi connectivity index (χ2v) is 5.50. The van der Waals surface area contributed by atoms with E-state index >= 15 is 0 Å². The largest absolute Gasteiger partial charge is 0.341 e. The third kappa shape index (κ3) is 2.55. The van der Waals surface area contributed by atoms with Crippen molar-refractivity contribution in [1.29, 1.82) is 0 Å². The molecule has 0 fully saturated rings. The summed E-state index contributed by atoms with van der Waals surface area (Å²) in [4.78, 5) is 25.8. The third-order valence-corrected chi connectivity index (χ3v) is 3.65. The minimum atomic E-state index is -0.530. The van der Waals surface area contributed by atoms with Gasteiger partial charge in [-0.2, -0.15) is 0 Å². The molecule has 0 radical (unpaired) electrons. The number of anilines is 1. The second kappa shape index (κ2) is 5.65. The van der Waals surface area contributed by atoms with Gasteiger partial charge in [0, 0.05) is 19.0 Å². The average molecular weight is 274 g/mol. The molecule has 1 aliphatic rings. The quantitative estimate of drug-likeness (QED) is 0.917. The van der Waals surface area contributed by atoms with E-state index in [1.54, 1.807) is 0 Å². The molecule has 4 nitrogen and oxygen atoms in total. The van der Waals surface area contributed by atoms with Gasteiger partial charge in [0.05, 0.1) is 5.69 Å². The highest BCUT2D eigenvalue weighted by Crippen LogP contribution is 2.39. The molecule has 0 bridgehead atoms. The van der Waals surface area contributed by atoms with Crippen molar-refractivity contribution in [2.75, 3.05) is 11.4 Å². The van der Waals surface area contributed by atoms with Crippen LogP contribution in [0.2, 0.25) is 0 Å². The number of amides is 2. The van der Waals surface area contributed by atoms with Crippen LogP contribution in [0, 0.1) is 13.8 Å². The number of unbranched alkanes of at least 4 members (excludes halogenated alkanes) is 1. The number of aryl methyl sites for hydroxylation is 2. The van der Waals surface area contributed by atoms with Gasteiger partial charge >= 0.3 is 0 Å². The molecule has 0 unspecified atom stereocenters. The number of hydrogen-bond donors (Lipinski definition) is 1. The molecule has 1 atom stereocenters. The van der Waals surface area contributed by atoms with Crippen molar-refractivity contribution in [3.8, 4) is 0 Å². The minimum absolute atomic E-state index is 0.0163. The predicted molar refractivity (Wildman–Crippen MR) is 79.7 cm³/mol. The summed E-state index contributed by atoms with van der Waals surface area (Å²) in [6.45, 7) is 8.30. The standard InChI is InChI=1S/C16H22N2O2/c1-5-6-7-18-15-11(3)8-10(2)9-13(15)14(16(18)20)17-12(4)19/h8-9,14H,5-7H2,1-4H3,(H,17,19)/t14-/m0/s1. The Morgan fingerprint density at radius 3 is 2.65 bits per heavy atom. The molecule has 0 spiro atoms. The molecule has 4 heteroatoms. The van der Waals surface area contributed by atoms with Crippen LogP contribution < -0.4 is 10.2 Å². The van der Waals surface area contributed by atoms with E-state index in [1.807, 2.05) is 24.8 Å². The van der Waals surface area contributed by atoms with E-state index < -0.39 is 6.04 Å². The van der Waals surface area contributed by atoms with Gasteiger partial charge < -0.3 is 10.2 Å². The first kappa shape index (κ1) is 14.6.